The summed E-state index contributed by atoms with van der Waals surface area (Å²) in [5, 5.41) is 4.78. The van der Waals surface area contributed by atoms with E-state index in [0.29, 0.717) is 10.0 Å². The maximum absolute atomic E-state index is 6.27. The minimum atomic E-state index is 0.0149. The summed E-state index contributed by atoms with van der Waals surface area (Å²) in [7, 11) is 0. The number of nitrogens with one attached hydrogen (secondary N) is 1. The largest absolute Gasteiger partial charge is 0.378 e. The van der Waals surface area contributed by atoms with E-state index >= 15 is 0 Å². The molecule has 2 aromatic rings. The molecule has 0 aliphatic rings. The molecule has 0 heterocycles. The van der Waals surface area contributed by atoms with E-state index in [0.717, 1.165) is 17.7 Å². The normalized spacial score (nSPS) is 11.9. The van der Waals surface area contributed by atoms with Crippen LogP contribution in [0.4, 0.5) is 5.69 Å². The fraction of sp³-hybridized carbons (Fsp3) is 0.125. The van der Waals surface area contributed by atoms with Crippen LogP contribution in [-0.2, 0) is 0 Å². The minimum absolute atomic E-state index is 0.0149. The lowest BCUT2D eigenvalue weighted by molar-refractivity contribution is 0.799. The summed E-state index contributed by atoms with van der Waals surface area (Å²) in [6.45, 7) is 3.80. The van der Waals surface area contributed by atoms with Gasteiger partial charge in [0.05, 0.1) is 6.04 Å². The average molecular weight is 292 g/mol. The molecule has 0 aliphatic carbocycles. The van der Waals surface area contributed by atoms with E-state index in [2.05, 4.69) is 11.9 Å². The Morgan fingerprint density at radius 1 is 1.00 bits per heavy atom. The van der Waals surface area contributed by atoms with Crippen molar-refractivity contribution in [2.75, 3.05) is 5.32 Å². The average Bonchev–Trinajstić information content (AvgIpc) is 2.40. The van der Waals surface area contributed by atoms with Crippen LogP contribution in [-0.4, -0.2) is 0 Å². The Labute approximate surface area is 123 Å². The summed E-state index contributed by atoms with van der Waals surface area (Å²) in [5.41, 5.74) is 1.94. The first kappa shape index (κ1) is 14.0. The number of hydrogen-bond acceptors (Lipinski definition) is 1. The Morgan fingerprint density at radius 3 is 2.21 bits per heavy atom. The van der Waals surface area contributed by atoms with E-state index in [4.69, 9.17) is 23.2 Å². The molecule has 0 aliphatic heterocycles. The van der Waals surface area contributed by atoms with E-state index < -0.39 is 0 Å². The van der Waals surface area contributed by atoms with Crippen molar-refractivity contribution >= 4 is 28.9 Å². The highest BCUT2D eigenvalue weighted by atomic mass is 35.5. The fourth-order valence-electron chi connectivity index (χ4n) is 1.99. The number of benzene rings is 2. The first-order valence-corrected chi connectivity index (χ1v) is 6.84. The SMILES string of the molecule is C=CCC(Nc1ccccc1)c1c(Cl)cccc1Cl. The zero-order valence-electron chi connectivity index (χ0n) is 10.4. The second-order valence-electron chi connectivity index (χ2n) is 4.22. The van der Waals surface area contributed by atoms with Gasteiger partial charge in [-0.2, -0.15) is 0 Å². The third-order valence-electron chi connectivity index (χ3n) is 2.87. The molecule has 0 amide bonds. The zero-order chi connectivity index (χ0) is 13.7. The highest BCUT2D eigenvalue weighted by Crippen LogP contribution is 2.34. The topological polar surface area (TPSA) is 12.0 Å². The van der Waals surface area contributed by atoms with Gasteiger partial charge in [-0.25, -0.2) is 0 Å². The molecule has 0 aromatic heterocycles. The molecule has 1 unspecified atom stereocenters. The Balaban J connectivity index is 2.32. The Hall–Kier alpha value is -1.44. The molecular weight excluding hydrogens is 277 g/mol. The summed E-state index contributed by atoms with van der Waals surface area (Å²) in [6, 6.07) is 15.6. The van der Waals surface area contributed by atoms with Crippen LogP contribution in [0.25, 0.3) is 0 Å². The van der Waals surface area contributed by atoms with Gasteiger partial charge in [-0.3, -0.25) is 0 Å². The van der Waals surface area contributed by atoms with Crippen LogP contribution < -0.4 is 5.32 Å². The predicted molar refractivity (Wildman–Crippen MR) is 84.1 cm³/mol. The molecule has 1 nitrogen and oxygen atoms in total. The Kier molecular flexibility index (Phi) is 4.89. The second kappa shape index (κ2) is 6.65. The smallest absolute Gasteiger partial charge is 0.0577 e. The van der Waals surface area contributed by atoms with Gasteiger partial charge < -0.3 is 5.32 Å². The van der Waals surface area contributed by atoms with Crippen molar-refractivity contribution in [3.05, 3.63) is 76.8 Å². The maximum Gasteiger partial charge on any atom is 0.0577 e. The van der Waals surface area contributed by atoms with Crippen molar-refractivity contribution in [1.82, 2.24) is 0 Å². The van der Waals surface area contributed by atoms with Gasteiger partial charge in [-0.15, -0.1) is 6.58 Å². The number of para-hydroxylation sites is 1. The van der Waals surface area contributed by atoms with E-state index in [1.54, 1.807) is 0 Å². The van der Waals surface area contributed by atoms with E-state index in [1.165, 1.54) is 0 Å². The summed E-state index contributed by atoms with van der Waals surface area (Å²) >= 11 is 12.5. The van der Waals surface area contributed by atoms with Crippen molar-refractivity contribution in [3.63, 3.8) is 0 Å². The van der Waals surface area contributed by atoms with Gasteiger partial charge in [0.15, 0.2) is 0 Å². The van der Waals surface area contributed by atoms with Gasteiger partial charge in [-0.05, 0) is 30.7 Å². The molecule has 0 saturated carbocycles. The number of rotatable bonds is 5. The molecule has 0 fully saturated rings. The van der Waals surface area contributed by atoms with Gasteiger partial charge in [-0.1, -0.05) is 53.5 Å². The number of anilines is 1. The van der Waals surface area contributed by atoms with Gasteiger partial charge in [0.1, 0.15) is 0 Å². The summed E-state index contributed by atoms with van der Waals surface area (Å²) in [4.78, 5) is 0. The first-order valence-electron chi connectivity index (χ1n) is 6.08. The molecule has 0 saturated heterocycles. The predicted octanol–water partition coefficient (Wildman–Crippen LogP) is 5.72. The second-order valence-corrected chi connectivity index (χ2v) is 5.04. The lowest BCUT2D eigenvalue weighted by atomic mass is 10.0. The Morgan fingerprint density at radius 2 is 1.63 bits per heavy atom. The van der Waals surface area contributed by atoms with Crippen LogP contribution in [0.5, 0.6) is 0 Å². The quantitative estimate of drug-likeness (QED) is 0.695. The molecule has 1 atom stereocenters. The van der Waals surface area contributed by atoms with Gasteiger partial charge >= 0.3 is 0 Å². The van der Waals surface area contributed by atoms with Crippen molar-refractivity contribution in [2.24, 2.45) is 0 Å². The van der Waals surface area contributed by atoms with Crippen LogP contribution in [0.3, 0.4) is 0 Å². The zero-order valence-corrected chi connectivity index (χ0v) is 12.0. The molecule has 3 heteroatoms. The van der Waals surface area contributed by atoms with Crippen molar-refractivity contribution < 1.29 is 0 Å². The van der Waals surface area contributed by atoms with E-state index in [9.17, 15) is 0 Å². The standard InChI is InChI=1S/C16H15Cl2N/c1-2-7-15(19-12-8-4-3-5-9-12)16-13(17)10-6-11-14(16)18/h2-6,8-11,15,19H,1,7H2. The Bertz CT molecular complexity index is 532. The monoisotopic (exact) mass is 291 g/mol. The lowest BCUT2D eigenvalue weighted by Gasteiger charge is -2.21. The highest BCUT2D eigenvalue weighted by Gasteiger charge is 2.16. The molecule has 19 heavy (non-hydrogen) atoms. The lowest BCUT2D eigenvalue weighted by Crippen LogP contribution is -2.11. The van der Waals surface area contributed by atoms with Crippen LogP contribution in [0, 0.1) is 0 Å². The number of hydrogen-bond donors (Lipinski definition) is 1. The van der Waals surface area contributed by atoms with Crippen molar-refractivity contribution in [3.8, 4) is 0 Å². The highest BCUT2D eigenvalue weighted by molar-refractivity contribution is 6.36. The van der Waals surface area contributed by atoms with Gasteiger partial charge in [0, 0.05) is 21.3 Å². The first-order chi connectivity index (χ1) is 9.22. The molecule has 0 spiro atoms. The van der Waals surface area contributed by atoms with E-state index in [-0.39, 0.29) is 6.04 Å². The van der Waals surface area contributed by atoms with Gasteiger partial charge in [0.25, 0.3) is 0 Å². The summed E-state index contributed by atoms with van der Waals surface area (Å²) in [6.07, 6.45) is 2.61. The molecular formula is C16H15Cl2N. The summed E-state index contributed by atoms with van der Waals surface area (Å²) < 4.78 is 0. The minimum Gasteiger partial charge on any atom is -0.378 e. The van der Waals surface area contributed by atoms with E-state index in [1.807, 2.05) is 54.6 Å². The number of halogens is 2. The third-order valence-corrected chi connectivity index (χ3v) is 3.52. The molecule has 2 aromatic carbocycles. The molecule has 0 radical (unpaired) electrons. The summed E-state index contributed by atoms with van der Waals surface area (Å²) in [5.74, 6) is 0. The van der Waals surface area contributed by atoms with Crippen molar-refractivity contribution in [2.45, 2.75) is 12.5 Å². The van der Waals surface area contributed by atoms with Crippen LogP contribution in [0.15, 0.2) is 61.2 Å². The van der Waals surface area contributed by atoms with Crippen LogP contribution in [0.2, 0.25) is 10.0 Å². The fourth-order valence-corrected chi connectivity index (χ4v) is 2.66. The maximum atomic E-state index is 6.27. The van der Waals surface area contributed by atoms with Gasteiger partial charge in [0.2, 0.25) is 0 Å². The third kappa shape index (κ3) is 3.52. The van der Waals surface area contributed by atoms with Crippen LogP contribution >= 0.6 is 23.2 Å². The van der Waals surface area contributed by atoms with Crippen LogP contribution in [0.1, 0.15) is 18.0 Å². The van der Waals surface area contributed by atoms with Crippen molar-refractivity contribution in [1.29, 1.82) is 0 Å². The molecule has 0 bridgehead atoms. The molecule has 1 N–H and O–H groups in total. The molecule has 98 valence electrons. The molecule has 2 rings (SSSR count).